The van der Waals surface area contributed by atoms with Gasteiger partial charge in [0.25, 0.3) is 0 Å². The van der Waals surface area contributed by atoms with Crippen LogP contribution in [0.1, 0.15) is 37.9 Å². The number of halogens is 3. The third-order valence-electron chi connectivity index (χ3n) is 2.81. The van der Waals surface area contributed by atoms with Crippen LogP contribution in [-0.2, 0) is 10.9 Å². The van der Waals surface area contributed by atoms with Gasteiger partial charge in [-0.05, 0) is 38.8 Å². The number of ether oxygens (including phenoxy) is 1. The van der Waals surface area contributed by atoms with Gasteiger partial charge in [0.05, 0.1) is 17.2 Å². The molecule has 1 rings (SSSR count). The first-order valence-electron chi connectivity index (χ1n) is 5.68. The zero-order chi connectivity index (χ0) is 14.0. The van der Waals surface area contributed by atoms with Crippen molar-refractivity contribution in [1.29, 1.82) is 0 Å². The van der Waals surface area contributed by atoms with Crippen LogP contribution in [0.4, 0.5) is 13.2 Å². The number of alkyl halides is 3. The van der Waals surface area contributed by atoms with Crippen LogP contribution in [0.15, 0.2) is 10.8 Å². The van der Waals surface area contributed by atoms with E-state index in [2.05, 4.69) is 5.32 Å². The Morgan fingerprint density at radius 2 is 1.94 bits per heavy atom. The van der Waals surface area contributed by atoms with Crippen LogP contribution in [0.2, 0.25) is 0 Å². The van der Waals surface area contributed by atoms with Crippen molar-refractivity contribution in [1.82, 2.24) is 5.32 Å². The van der Waals surface area contributed by atoms with E-state index < -0.39 is 23.4 Å². The van der Waals surface area contributed by atoms with Crippen molar-refractivity contribution >= 4 is 11.3 Å². The van der Waals surface area contributed by atoms with Gasteiger partial charge in [-0.3, -0.25) is 0 Å². The molecule has 104 valence electrons. The van der Waals surface area contributed by atoms with Crippen molar-refractivity contribution in [3.63, 3.8) is 0 Å². The fourth-order valence-electron chi connectivity index (χ4n) is 2.09. The molecule has 0 saturated heterocycles. The molecule has 1 unspecified atom stereocenters. The average molecular weight is 281 g/mol. The second-order valence-corrected chi connectivity index (χ2v) is 5.24. The Morgan fingerprint density at radius 3 is 2.39 bits per heavy atom. The standard InChI is InChI=1S/C12H18F3NOS/c1-5-17-11(2,3)10(16-4)8-6-18-7-9(8)12(13,14)15/h6-7,10,16H,5H2,1-4H3. The Bertz CT molecular complexity index is 387. The minimum atomic E-state index is -4.33. The predicted molar refractivity (Wildman–Crippen MR) is 66.8 cm³/mol. The summed E-state index contributed by atoms with van der Waals surface area (Å²) in [4.78, 5) is 0. The van der Waals surface area contributed by atoms with E-state index in [9.17, 15) is 13.2 Å². The lowest BCUT2D eigenvalue weighted by Crippen LogP contribution is -2.40. The monoisotopic (exact) mass is 281 g/mol. The lowest BCUT2D eigenvalue weighted by molar-refractivity contribution is -0.139. The molecular formula is C12H18F3NOS. The highest BCUT2D eigenvalue weighted by atomic mass is 32.1. The number of thiophene rings is 1. The van der Waals surface area contributed by atoms with Crippen molar-refractivity contribution in [2.75, 3.05) is 13.7 Å². The van der Waals surface area contributed by atoms with Crippen molar-refractivity contribution in [3.8, 4) is 0 Å². The second-order valence-electron chi connectivity index (χ2n) is 4.50. The predicted octanol–water partition coefficient (Wildman–Crippen LogP) is 3.84. The molecule has 0 fully saturated rings. The van der Waals surface area contributed by atoms with E-state index in [0.717, 1.165) is 16.7 Å². The summed E-state index contributed by atoms with van der Waals surface area (Å²) in [6.45, 7) is 5.86. The highest BCUT2D eigenvalue weighted by Gasteiger charge is 2.40. The quantitative estimate of drug-likeness (QED) is 0.885. The number of rotatable bonds is 5. The van der Waals surface area contributed by atoms with Gasteiger partial charge in [0.2, 0.25) is 0 Å². The van der Waals surface area contributed by atoms with Gasteiger partial charge >= 0.3 is 6.18 Å². The van der Waals surface area contributed by atoms with E-state index in [-0.39, 0.29) is 5.56 Å². The smallest absolute Gasteiger partial charge is 0.374 e. The first-order chi connectivity index (χ1) is 8.24. The molecule has 1 atom stereocenters. The number of nitrogens with one attached hydrogen (secondary N) is 1. The van der Waals surface area contributed by atoms with Crippen LogP contribution >= 0.6 is 11.3 Å². The first-order valence-corrected chi connectivity index (χ1v) is 6.62. The molecule has 0 amide bonds. The van der Waals surface area contributed by atoms with Gasteiger partial charge in [-0.2, -0.15) is 24.5 Å². The van der Waals surface area contributed by atoms with Gasteiger partial charge in [0.1, 0.15) is 0 Å². The molecule has 6 heteroatoms. The van der Waals surface area contributed by atoms with Crippen LogP contribution in [0.5, 0.6) is 0 Å². The van der Waals surface area contributed by atoms with Gasteiger partial charge in [-0.25, -0.2) is 0 Å². The first kappa shape index (κ1) is 15.5. The van der Waals surface area contributed by atoms with Crippen LogP contribution in [0.3, 0.4) is 0 Å². The second kappa shape index (κ2) is 5.59. The molecular weight excluding hydrogens is 263 g/mol. The maximum atomic E-state index is 12.9. The van der Waals surface area contributed by atoms with Gasteiger partial charge in [0.15, 0.2) is 0 Å². The minimum Gasteiger partial charge on any atom is -0.374 e. The number of hydrogen-bond acceptors (Lipinski definition) is 3. The molecule has 0 aromatic carbocycles. The molecule has 1 aromatic heterocycles. The molecule has 1 aromatic rings. The topological polar surface area (TPSA) is 21.3 Å². The van der Waals surface area contributed by atoms with Gasteiger partial charge in [-0.15, -0.1) is 0 Å². The van der Waals surface area contributed by atoms with E-state index in [1.165, 1.54) is 5.38 Å². The lowest BCUT2D eigenvalue weighted by atomic mass is 9.91. The highest BCUT2D eigenvalue weighted by Crippen LogP contribution is 2.40. The molecule has 0 radical (unpaired) electrons. The van der Waals surface area contributed by atoms with Crippen molar-refractivity contribution in [2.45, 2.75) is 38.6 Å². The Balaban J connectivity index is 3.14. The van der Waals surface area contributed by atoms with E-state index in [0.29, 0.717) is 6.61 Å². The SMILES string of the molecule is CCOC(C)(C)C(NC)c1cscc1C(F)(F)F. The van der Waals surface area contributed by atoms with Gasteiger partial charge < -0.3 is 10.1 Å². The Morgan fingerprint density at radius 1 is 1.33 bits per heavy atom. The minimum absolute atomic E-state index is 0.244. The normalized spacial score (nSPS) is 14.8. The summed E-state index contributed by atoms with van der Waals surface area (Å²) in [6, 6.07) is -0.500. The molecule has 1 N–H and O–H groups in total. The number of hydrogen-bond donors (Lipinski definition) is 1. The third-order valence-corrected chi connectivity index (χ3v) is 3.57. The zero-order valence-electron chi connectivity index (χ0n) is 10.9. The van der Waals surface area contributed by atoms with Crippen LogP contribution in [-0.4, -0.2) is 19.3 Å². The van der Waals surface area contributed by atoms with Crippen molar-refractivity contribution in [2.24, 2.45) is 0 Å². The zero-order valence-corrected chi connectivity index (χ0v) is 11.7. The molecule has 0 aliphatic carbocycles. The molecule has 0 aliphatic rings. The van der Waals surface area contributed by atoms with Gasteiger partial charge in [0, 0.05) is 12.0 Å². The molecule has 18 heavy (non-hydrogen) atoms. The summed E-state index contributed by atoms with van der Waals surface area (Å²) in [5, 5.41) is 5.60. The average Bonchev–Trinajstić information content (AvgIpc) is 2.66. The van der Waals surface area contributed by atoms with E-state index in [1.807, 2.05) is 6.92 Å². The Kier molecular flexibility index (Phi) is 4.80. The van der Waals surface area contributed by atoms with E-state index in [1.54, 1.807) is 20.9 Å². The summed E-state index contributed by atoms with van der Waals surface area (Å²) < 4.78 is 44.2. The molecule has 0 saturated carbocycles. The summed E-state index contributed by atoms with van der Waals surface area (Å²) >= 11 is 1.06. The summed E-state index contributed by atoms with van der Waals surface area (Å²) in [5.74, 6) is 0. The van der Waals surface area contributed by atoms with Crippen molar-refractivity contribution < 1.29 is 17.9 Å². The molecule has 0 spiro atoms. The molecule has 1 heterocycles. The molecule has 0 bridgehead atoms. The Labute approximate surface area is 109 Å². The molecule has 0 aliphatic heterocycles. The highest BCUT2D eigenvalue weighted by molar-refractivity contribution is 7.08. The molecule has 2 nitrogen and oxygen atoms in total. The maximum absolute atomic E-state index is 12.9. The van der Waals surface area contributed by atoms with Crippen LogP contribution < -0.4 is 5.32 Å². The maximum Gasteiger partial charge on any atom is 0.417 e. The largest absolute Gasteiger partial charge is 0.417 e. The van der Waals surface area contributed by atoms with E-state index >= 15 is 0 Å². The lowest BCUT2D eigenvalue weighted by Gasteiger charge is -2.34. The fourth-order valence-corrected chi connectivity index (χ4v) is 2.98. The third kappa shape index (κ3) is 3.24. The fraction of sp³-hybridized carbons (Fsp3) is 0.667. The van der Waals surface area contributed by atoms with Crippen molar-refractivity contribution in [3.05, 3.63) is 21.9 Å². The summed E-state index contributed by atoms with van der Waals surface area (Å²) in [6.07, 6.45) is -4.33. The summed E-state index contributed by atoms with van der Waals surface area (Å²) in [5.41, 5.74) is -1.04. The Hall–Kier alpha value is -0.590. The summed E-state index contributed by atoms with van der Waals surface area (Å²) in [7, 11) is 1.64. The van der Waals surface area contributed by atoms with E-state index in [4.69, 9.17) is 4.74 Å². The number of likely N-dealkylation sites (N-methyl/N-ethyl adjacent to an activating group) is 1. The van der Waals surface area contributed by atoms with Gasteiger partial charge in [-0.1, -0.05) is 0 Å². The van der Waals surface area contributed by atoms with Crippen LogP contribution in [0.25, 0.3) is 0 Å². The van der Waals surface area contributed by atoms with Crippen LogP contribution in [0, 0.1) is 0 Å².